The average molecular weight is 259 g/mol. The lowest BCUT2D eigenvalue weighted by atomic mass is 9.95. The third-order valence-corrected chi connectivity index (χ3v) is 4.01. The quantitative estimate of drug-likeness (QED) is 0.917. The molecular formula is C16H21NO2. The van der Waals surface area contributed by atoms with Crippen molar-refractivity contribution < 1.29 is 9.15 Å². The van der Waals surface area contributed by atoms with Crippen LogP contribution in [0.1, 0.15) is 30.7 Å². The van der Waals surface area contributed by atoms with E-state index < -0.39 is 0 Å². The van der Waals surface area contributed by atoms with Gasteiger partial charge in [-0.1, -0.05) is 11.6 Å². The van der Waals surface area contributed by atoms with Gasteiger partial charge in [-0.15, -0.1) is 0 Å². The normalized spacial score (nSPS) is 25.0. The van der Waals surface area contributed by atoms with Gasteiger partial charge in [-0.25, -0.2) is 0 Å². The van der Waals surface area contributed by atoms with E-state index in [-0.39, 0.29) is 6.04 Å². The highest BCUT2D eigenvalue weighted by molar-refractivity contribution is 5.78. The maximum absolute atomic E-state index is 6.01. The zero-order valence-corrected chi connectivity index (χ0v) is 11.8. The molecule has 3 atom stereocenters. The van der Waals surface area contributed by atoms with Crippen LogP contribution in [0.15, 0.2) is 28.7 Å². The van der Waals surface area contributed by atoms with E-state index in [4.69, 9.17) is 9.15 Å². The molecule has 3 heteroatoms. The van der Waals surface area contributed by atoms with Crippen molar-refractivity contribution in [1.29, 1.82) is 0 Å². The Hall–Kier alpha value is -1.32. The van der Waals surface area contributed by atoms with Gasteiger partial charge < -0.3 is 14.5 Å². The zero-order chi connectivity index (χ0) is 13.4. The molecule has 1 aromatic carbocycles. The molecule has 1 saturated heterocycles. The molecule has 0 saturated carbocycles. The smallest absolute Gasteiger partial charge is 0.134 e. The van der Waals surface area contributed by atoms with Crippen LogP contribution in [0.4, 0.5) is 0 Å². The molecular weight excluding hydrogens is 238 g/mol. The van der Waals surface area contributed by atoms with Crippen molar-refractivity contribution in [3.05, 3.63) is 35.6 Å². The maximum Gasteiger partial charge on any atom is 0.134 e. The van der Waals surface area contributed by atoms with Crippen molar-refractivity contribution >= 4 is 11.0 Å². The molecule has 0 bridgehead atoms. The van der Waals surface area contributed by atoms with E-state index in [1.54, 1.807) is 0 Å². The molecule has 102 valence electrons. The van der Waals surface area contributed by atoms with Crippen molar-refractivity contribution in [2.45, 2.75) is 32.4 Å². The fraction of sp³-hybridized carbons (Fsp3) is 0.500. The lowest BCUT2D eigenvalue weighted by Gasteiger charge is -2.19. The van der Waals surface area contributed by atoms with E-state index in [2.05, 4.69) is 43.4 Å². The molecule has 3 unspecified atom stereocenters. The van der Waals surface area contributed by atoms with E-state index in [9.17, 15) is 0 Å². The molecule has 0 amide bonds. The lowest BCUT2D eigenvalue weighted by molar-refractivity contribution is 0.116. The first kappa shape index (κ1) is 12.7. The van der Waals surface area contributed by atoms with Crippen LogP contribution in [0, 0.1) is 12.8 Å². The predicted molar refractivity (Wildman–Crippen MR) is 76.3 cm³/mol. The minimum atomic E-state index is 0.234. The fourth-order valence-electron chi connectivity index (χ4n) is 3.03. The van der Waals surface area contributed by atoms with Crippen molar-refractivity contribution in [1.82, 2.24) is 5.32 Å². The van der Waals surface area contributed by atoms with E-state index in [1.165, 1.54) is 10.9 Å². The number of rotatable bonds is 3. The van der Waals surface area contributed by atoms with Gasteiger partial charge in [-0.3, -0.25) is 0 Å². The molecule has 19 heavy (non-hydrogen) atoms. The van der Waals surface area contributed by atoms with Gasteiger partial charge in [0.25, 0.3) is 0 Å². The summed E-state index contributed by atoms with van der Waals surface area (Å²) in [5, 5.41) is 4.57. The Morgan fingerprint density at radius 1 is 1.32 bits per heavy atom. The molecule has 3 rings (SSSR count). The van der Waals surface area contributed by atoms with Crippen molar-refractivity contribution in [3.63, 3.8) is 0 Å². The number of furan rings is 1. The highest BCUT2D eigenvalue weighted by atomic mass is 16.5. The van der Waals surface area contributed by atoms with Gasteiger partial charge in [0.05, 0.1) is 18.8 Å². The fourth-order valence-corrected chi connectivity index (χ4v) is 3.03. The molecule has 1 aliphatic heterocycles. The molecule has 2 aromatic rings. The number of aryl methyl sites for hydroxylation is 1. The van der Waals surface area contributed by atoms with Gasteiger partial charge in [0.15, 0.2) is 0 Å². The number of ether oxygens (including phenoxy) is 1. The third kappa shape index (κ3) is 2.40. The second kappa shape index (κ2) is 4.99. The first-order chi connectivity index (χ1) is 9.17. The van der Waals surface area contributed by atoms with Crippen LogP contribution >= 0.6 is 0 Å². The lowest BCUT2D eigenvalue weighted by Crippen LogP contribution is -2.25. The predicted octanol–water partition coefficient (Wildman–Crippen LogP) is 3.43. The third-order valence-electron chi connectivity index (χ3n) is 4.01. The Morgan fingerprint density at radius 2 is 2.16 bits per heavy atom. The Labute approximate surface area is 113 Å². The largest absolute Gasteiger partial charge is 0.459 e. The van der Waals surface area contributed by atoms with E-state index >= 15 is 0 Å². The van der Waals surface area contributed by atoms with E-state index in [0.717, 1.165) is 24.4 Å². The summed E-state index contributed by atoms with van der Waals surface area (Å²) in [4.78, 5) is 0. The molecule has 0 radical (unpaired) electrons. The molecule has 1 N–H and O–H groups in total. The monoisotopic (exact) mass is 259 g/mol. The van der Waals surface area contributed by atoms with Crippen LogP contribution in [0.5, 0.6) is 0 Å². The molecule has 3 nitrogen and oxygen atoms in total. The summed E-state index contributed by atoms with van der Waals surface area (Å²) in [6.45, 7) is 5.05. The molecule has 1 fully saturated rings. The van der Waals surface area contributed by atoms with Crippen molar-refractivity contribution in [3.8, 4) is 0 Å². The van der Waals surface area contributed by atoms with Crippen LogP contribution in [-0.4, -0.2) is 19.8 Å². The second-order valence-electron chi connectivity index (χ2n) is 5.60. The van der Waals surface area contributed by atoms with Gasteiger partial charge >= 0.3 is 0 Å². The van der Waals surface area contributed by atoms with Crippen molar-refractivity contribution in [2.24, 2.45) is 5.92 Å². The Balaban J connectivity index is 1.92. The number of hydrogen-bond acceptors (Lipinski definition) is 3. The summed E-state index contributed by atoms with van der Waals surface area (Å²) in [5.41, 5.74) is 2.23. The molecule has 1 aliphatic rings. The summed E-state index contributed by atoms with van der Waals surface area (Å²) in [5.74, 6) is 1.51. The summed E-state index contributed by atoms with van der Waals surface area (Å²) < 4.78 is 11.7. The standard InChI is InChI=1S/C16H21NO2/c1-10-4-5-14-12(6-10)8-15(19-14)16(17-3)13-7-11(2)18-9-13/h4-6,8,11,13,16-17H,7,9H2,1-3H3. The SMILES string of the molecule is CNC(c1cc2cc(C)ccc2o1)C1COC(C)C1. The minimum Gasteiger partial charge on any atom is -0.459 e. The number of hydrogen-bond donors (Lipinski definition) is 1. The van der Waals surface area contributed by atoms with Gasteiger partial charge in [-0.2, -0.15) is 0 Å². The van der Waals surface area contributed by atoms with Crippen LogP contribution in [-0.2, 0) is 4.74 Å². The first-order valence-electron chi connectivity index (χ1n) is 6.96. The molecule has 2 heterocycles. The Morgan fingerprint density at radius 3 is 2.84 bits per heavy atom. The van der Waals surface area contributed by atoms with Crippen molar-refractivity contribution in [2.75, 3.05) is 13.7 Å². The van der Waals surface area contributed by atoms with Crippen LogP contribution < -0.4 is 5.32 Å². The highest BCUT2D eigenvalue weighted by Crippen LogP contribution is 2.34. The Kier molecular flexibility index (Phi) is 3.33. The summed E-state index contributed by atoms with van der Waals surface area (Å²) in [7, 11) is 1.99. The molecule has 0 aliphatic carbocycles. The van der Waals surface area contributed by atoms with Gasteiger partial charge in [-0.05, 0) is 45.5 Å². The highest BCUT2D eigenvalue weighted by Gasteiger charge is 2.31. The number of fused-ring (bicyclic) bond motifs is 1. The summed E-state index contributed by atoms with van der Waals surface area (Å²) in [6.07, 6.45) is 1.44. The van der Waals surface area contributed by atoms with E-state index in [0.29, 0.717) is 12.0 Å². The van der Waals surface area contributed by atoms with Gasteiger partial charge in [0.1, 0.15) is 11.3 Å². The number of nitrogens with one attached hydrogen (secondary N) is 1. The summed E-state index contributed by atoms with van der Waals surface area (Å²) in [6, 6.07) is 8.70. The Bertz CT molecular complexity index is 575. The zero-order valence-electron chi connectivity index (χ0n) is 11.8. The topological polar surface area (TPSA) is 34.4 Å². The average Bonchev–Trinajstić information content (AvgIpc) is 2.96. The number of benzene rings is 1. The molecule has 0 spiro atoms. The van der Waals surface area contributed by atoms with Gasteiger partial charge in [0.2, 0.25) is 0 Å². The van der Waals surface area contributed by atoms with Gasteiger partial charge in [0, 0.05) is 11.3 Å². The van der Waals surface area contributed by atoms with Crippen LogP contribution in [0.2, 0.25) is 0 Å². The van der Waals surface area contributed by atoms with Crippen LogP contribution in [0.3, 0.4) is 0 Å². The summed E-state index contributed by atoms with van der Waals surface area (Å²) >= 11 is 0. The molecule has 1 aromatic heterocycles. The van der Waals surface area contributed by atoms with E-state index in [1.807, 2.05) is 7.05 Å². The second-order valence-corrected chi connectivity index (χ2v) is 5.60. The maximum atomic E-state index is 6.01. The van der Waals surface area contributed by atoms with Crippen LogP contribution in [0.25, 0.3) is 11.0 Å². The minimum absolute atomic E-state index is 0.234. The first-order valence-corrected chi connectivity index (χ1v) is 6.96.